The maximum absolute atomic E-state index is 2.40. The van der Waals surface area contributed by atoms with Gasteiger partial charge in [0.05, 0.1) is 0 Å². The summed E-state index contributed by atoms with van der Waals surface area (Å²) in [6.07, 6.45) is 23.9. The molecule has 0 saturated carbocycles. The van der Waals surface area contributed by atoms with Crippen molar-refractivity contribution in [2.75, 3.05) is 19.6 Å². The lowest BCUT2D eigenvalue weighted by atomic mass is 9.91. The Morgan fingerprint density at radius 2 is 0.362 bits per heavy atom. The summed E-state index contributed by atoms with van der Waals surface area (Å²) < 4.78 is 0. The first-order valence-electron chi connectivity index (χ1n) is 32.9. The number of nitrogens with zero attached hydrogens (tertiary/aromatic N) is 4. The highest BCUT2D eigenvalue weighted by atomic mass is 15.2. The van der Waals surface area contributed by atoms with Crippen LogP contribution in [-0.2, 0) is 0 Å². The Labute approximate surface area is 554 Å². The predicted molar refractivity (Wildman–Crippen MR) is 396 cm³/mol. The fraction of sp³-hybridized carbons (Fsp3) is 0.0667. The van der Waals surface area contributed by atoms with Crippen LogP contribution in [0.3, 0.4) is 0 Å². The van der Waals surface area contributed by atoms with Gasteiger partial charge in [-0.3, -0.25) is 0 Å². The van der Waals surface area contributed by atoms with Crippen LogP contribution in [0.2, 0.25) is 0 Å². The van der Waals surface area contributed by atoms with Crippen molar-refractivity contribution >= 4 is 51.2 Å². The second kappa shape index (κ2) is 27.4. The van der Waals surface area contributed by atoms with Crippen molar-refractivity contribution in [3.63, 3.8) is 0 Å². The molecule has 4 nitrogen and oxygen atoms in total. The summed E-state index contributed by atoms with van der Waals surface area (Å²) in [4.78, 5) is 9.60. The molecule has 3 aliphatic rings. The second-order valence-electron chi connectivity index (χ2n) is 24.4. The van der Waals surface area contributed by atoms with Crippen LogP contribution in [0.5, 0.6) is 0 Å². The molecule has 12 aromatic carbocycles. The molecule has 3 unspecified atom stereocenters. The Kier molecular flexibility index (Phi) is 17.1. The minimum absolute atomic E-state index is 0.311. The molecule has 3 atom stereocenters. The second-order valence-corrected chi connectivity index (χ2v) is 24.4. The van der Waals surface area contributed by atoms with Crippen molar-refractivity contribution in [1.82, 2.24) is 0 Å². The molecule has 3 aliphatic carbocycles. The Hall–Kier alpha value is -11.7. The van der Waals surface area contributed by atoms with Gasteiger partial charge in [-0.15, -0.1) is 0 Å². The summed E-state index contributed by atoms with van der Waals surface area (Å²) in [6.45, 7) is 0. The quantitative estimate of drug-likeness (QED) is 0.0849. The van der Waals surface area contributed by atoms with E-state index in [0.717, 1.165) is 87.5 Å². The zero-order valence-corrected chi connectivity index (χ0v) is 52.5. The van der Waals surface area contributed by atoms with Crippen LogP contribution in [0.1, 0.15) is 53.7 Å². The molecular formula is C90H72N4. The molecule has 0 radical (unpaired) electrons. The van der Waals surface area contributed by atoms with Crippen molar-refractivity contribution in [2.24, 2.45) is 0 Å². The summed E-state index contributed by atoms with van der Waals surface area (Å²) in [5, 5.41) is 0. The van der Waals surface area contributed by atoms with E-state index in [-0.39, 0.29) is 0 Å². The average Bonchev–Trinajstić information content (AvgIpc) is 0.952. The Balaban J connectivity index is 0.812. The Morgan fingerprint density at radius 3 is 0.564 bits per heavy atom. The number of anilines is 9. The van der Waals surface area contributed by atoms with Gasteiger partial charge in [-0.05, 0) is 197 Å². The van der Waals surface area contributed by atoms with Crippen molar-refractivity contribution in [1.29, 1.82) is 0 Å². The van der Waals surface area contributed by atoms with E-state index in [9.17, 15) is 0 Å². The van der Waals surface area contributed by atoms with Gasteiger partial charge in [0.2, 0.25) is 0 Å². The van der Waals surface area contributed by atoms with Gasteiger partial charge in [0, 0.05) is 86.0 Å². The molecule has 94 heavy (non-hydrogen) atoms. The Morgan fingerprint density at radius 1 is 0.181 bits per heavy atom. The van der Waals surface area contributed by atoms with Crippen molar-refractivity contribution in [3.8, 4) is 33.4 Å². The molecule has 0 N–H and O–H groups in total. The molecular weight excluding hydrogens is 1140 g/mol. The number of hydrogen-bond donors (Lipinski definition) is 0. The fourth-order valence-electron chi connectivity index (χ4n) is 13.5. The molecule has 15 rings (SSSR count). The van der Waals surface area contributed by atoms with Crippen molar-refractivity contribution in [3.05, 3.63) is 416 Å². The molecule has 0 amide bonds. The lowest BCUT2D eigenvalue weighted by Crippen LogP contribution is -2.18. The highest BCUT2D eigenvalue weighted by molar-refractivity contribution is 5.84. The summed E-state index contributed by atoms with van der Waals surface area (Å²) in [6, 6.07) is 119. The normalized spacial score (nSPS) is 15.7. The maximum atomic E-state index is 2.40. The number of benzene rings is 12. The van der Waals surface area contributed by atoms with Crippen LogP contribution >= 0.6 is 0 Å². The minimum Gasteiger partial charge on any atom is -0.311 e. The van der Waals surface area contributed by atoms with Gasteiger partial charge in [0.25, 0.3) is 0 Å². The first-order chi connectivity index (χ1) is 46.6. The number of rotatable bonds is 18. The van der Waals surface area contributed by atoms with Crippen LogP contribution in [0, 0.1) is 0 Å². The molecule has 0 bridgehead atoms. The molecule has 0 aliphatic heterocycles. The topological polar surface area (TPSA) is 13.0 Å². The van der Waals surface area contributed by atoms with Crippen LogP contribution in [0.4, 0.5) is 51.2 Å². The largest absolute Gasteiger partial charge is 0.311 e. The van der Waals surface area contributed by atoms with Crippen LogP contribution in [0.15, 0.2) is 399 Å². The first kappa shape index (κ1) is 58.6. The molecule has 0 heterocycles. The monoisotopic (exact) mass is 1210 g/mol. The van der Waals surface area contributed by atoms with Gasteiger partial charge in [-0.25, -0.2) is 0 Å². The molecule has 0 saturated heterocycles. The molecule has 452 valence electrons. The SMILES string of the molecule is C1=CC(c2ccccc2)CC=C1N(c1ccc(-c2ccccc2)cc1)c1ccc(N(c2ccc(N(C3=CCC(c4ccccc4)C=C3)c3ccc(-c4ccccc4)cc3)cc2)c2ccc(N(C3=CCC(c4ccccc4)C=C3)c3ccc(-c4ccccc4)cc3)cc2)cc1. The summed E-state index contributed by atoms with van der Waals surface area (Å²) in [5.74, 6) is 0.934. The zero-order valence-electron chi connectivity index (χ0n) is 52.5. The third-order valence-electron chi connectivity index (χ3n) is 18.5. The maximum Gasteiger partial charge on any atom is 0.0463 e. The van der Waals surface area contributed by atoms with Gasteiger partial charge in [-0.2, -0.15) is 0 Å². The number of allylic oxidation sites excluding steroid dienone is 9. The van der Waals surface area contributed by atoms with Crippen molar-refractivity contribution in [2.45, 2.75) is 37.0 Å². The van der Waals surface area contributed by atoms with Crippen molar-refractivity contribution < 1.29 is 0 Å². The van der Waals surface area contributed by atoms with Gasteiger partial charge < -0.3 is 19.6 Å². The van der Waals surface area contributed by atoms with E-state index in [1.165, 1.54) is 50.1 Å². The van der Waals surface area contributed by atoms with E-state index in [0.29, 0.717) is 17.8 Å². The molecule has 4 heteroatoms. The third-order valence-corrected chi connectivity index (χ3v) is 18.5. The minimum atomic E-state index is 0.311. The van der Waals surface area contributed by atoms with E-state index in [1.54, 1.807) is 0 Å². The smallest absolute Gasteiger partial charge is 0.0463 e. The standard InChI is InChI=1S/C90H72N4/c1-7-19-67(20-8-1)73-31-43-79(44-32-73)91(80-45-33-74(34-46-80)68-21-9-2-10-22-68)85-55-61-88(62-56-85)94(89-63-57-86(58-64-89)92(81-47-35-75(36-48-81)69-23-11-3-12-24-69)82-49-37-76(38-50-82)70-25-13-4-14-26-70)90-65-59-87(60-66-90)93(83-51-39-77(40-52-83)71-27-15-5-16-28-71)84-53-41-78(42-54-84)72-29-17-6-18-30-72/h1-33,35-37,39-41,43-66,74,76,78H,34,38,42H2. The zero-order chi connectivity index (χ0) is 62.8. The van der Waals surface area contributed by atoms with Gasteiger partial charge >= 0.3 is 0 Å². The summed E-state index contributed by atoms with van der Waals surface area (Å²) >= 11 is 0. The fourth-order valence-corrected chi connectivity index (χ4v) is 13.5. The van der Waals surface area contributed by atoms with Crippen LogP contribution in [0.25, 0.3) is 33.4 Å². The number of hydrogen-bond acceptors (Lipinski definition) is 4. The first-order valence-corrected chi connectivity index (χ1v) is 32.9. The lowest BCUT2D eigenvalue weighted by molar-refractivity contribution is 0.840. The van der Waals surface area contributed by atoms with Gasteiger partial charge in [-0.1, -0.05) is 255 Å². The van der Waals surface area contributed by atoms with Crippen LogP contribution < -0.4 is 19.6 Å². The van der Waals surface area contributed by atoms with E-state index >= 15 is 0 Å². The Bertz CT molecular complexity index is 4190. The third kappa shape index (κ3) is 12.8. The van der Waals surface area contributed by atoms with E-state index in [2.05, 4.69) is 402 Å². The van der Waals surface area contributed by atoms with Crippen LogP contribution in [-0.4, -0.2) is 0 Å². The van der Waals surface area contributed by atoms with E-state index in [4.69, 9.17) is 0 Å². The van der Waals surface area contributed by atoms with E-state index in [1.807, 2.05) is 0 Å². The lowest BCUT2D eigenvalue weighted by Gasteiger charge is -2.32. The summed E-state index contributed by atoms with van der Waals surface area (Å²) in [5.41, 5.74) is 24.2. The predicted octanol–water partition coefficient (Wildman–Crippen LogP) is 24.5. The van der Waals surface area contributed by atoms with E-state index < -0.39 is 0 Å². The molecule has 0 spiro atoms. The summed E-state index contributed by atoms with van der Waals surface area (Å²) in [7, 11) is 0. The van der Waals surface area contributed by atoms with Gasteiger partial charge in [0.15, 0.2) is 0 Å². The highest BCUT2D eigenvalue weighted by Crippen LogP contribution is 2.44. The molecule has 0 aromatic heterocycles. The molecule has 0 fully saturated rings. The highest BCUT2D eigenvalue weighted by Gasteiger charge is 2.24. The van der Waals surface area contributed by atoms with Gasteiger partial charge in [0.1, 0.15) is 0 Å². The average molecular weight is 1210 g/mol. The molecule has 12 aromatic rings.